The van der Waals surface area contributed by atoms with Crippen LogP contribution in [0.3, 0.4) is 0 Å². The topological polar surface area (TPSA) is 68.1 Å². The number of primary amides is 1. The van der Waals surface area contributed by atoms with E-state index in [1.165, 1.54) is 6.08 Å². The number of hydrogen-bond donors (Lipinski definition) is 2. The van der Waals surface area contributed by atoms with Crippen molar-refractivity contribution in [2.75, 3.05) is 7.11 Å². The highest BCUT2D eigenvalue weighted by molar-refractivity contribution is 5.91. The van der Waals surface area contributed by atoms with Crippen molar-refractivity contribution >= 4 is 22.9 Å². The molecule has 82 valence electrons. The monoisotopic (exact) mass is 216 g/mol. The third kappa shape index (κ3) is 2.06. The summed E-state index contributed by atoms with van der Waals surface area (Å²) >= 11 is 0. The van der Waals surface area contributed by atoms with Crippen LogP contribution in [0, 0.1) is 0 Å². The largest absolute Gasteiger partial charge is 0.497 e. The van der Waals surface area contributed by atoms with Gasteiger partial charge in [-0.1, -0.05) is 0 Å². The van der Waals surface area contributed by atoms with Crippen molar-refractivity contribution in [1.29, 1.82) is 0 Å². The van der Waals surface area contributed by atoms with E-state index < -0.39 is 5.91 Å². The number of aromatic amines is 1. The predicted molar refractivity (Wildman–Crippen MR) is 63.1 cm³/mol. The molecule has 0 atom stereocenters. The minimum absolute atomic E-state index is 0.462. The Morgan fingerprint density at radius 3 is 2.94 bits per heavy atom. The molecule has 0 aliphatic rings. The average Bonchev–Trinajstić information content (AvgIpc) is 2.67. The fraction of sp³-hybridized carbons (Fsp3) is 0.0833. The number of benzene rings is 1. The van der Waals surface area contributed by atoms with Crippen molar-refractivity contribution in [2.24, 2.45) is 5.73 Å². The summed E-state index contributed by atoms with van der Waals surface area (Å²) in [4.78, 5) is 13.7. The summed E-state index contributed by atoms with van der Waals surface area (Å²) < 4.78 is 5.12. The van der Waals surface area contributed by atoms with Gasteiger partial charge in [0.05, 0.1) is 7.11 Å². The maximum atomic E-state index is 10.6. The molecule has 4 heteroatoms. The summed E-state index contributed by atoms with van der Waals surface area (Å²) in [6.07, 6.45) is 2.97. The molecule has 0 aliphatic carbocycles. The minimum Gasteiger partial charge on any atom is -0.497 e. The summed E-state index contributed by atoms with van der Waals surface area (Å²) in [6, 6.07) is 7.65. The van der Waals surface area contributed by atoms with E-state index in [2.05, 4.69) is 4.98 Å². The Hall–Kier alpha value is -2.23. The number of nitrogens with one attached hydrogen (secondary N) is 1. The fourth-order valence-corrected chi connectivity index (χ4v) is 1.52. The standard InChI is InChI=1S/C12H12N2O2/c1-16-10-3-4-11-8(7-10)6-9(14-11)2-5-12(13)15/h2-7,14H,1H3,(H2,13,15)/b5-2+. The summed E-state index contributed by atoms with van der Waals surface area (Å²) in [5.74, 6) is 0.341. The molecular weight excluding hydrogens is 204 g/mol. The summed E-state index contributed by atoms with van der Waals surface area (Å²) in [5, 5.41) is 1.03. The Kier molecular flexibility index (Phi) is 2.64. The highest BCUT2D eigenvalue weighted by atomic mass is 16.5. The molecule has 2 rings (SSSR count). The van der Waals surface area contributed by atoms with E-state index in [0.717, 1.165) is 22.3 Å². The van der Waals surface area contributed by atoms with Crippen LogP contribution in [0.4, 0.5) is 0 Å². The molecule has 1 amide bonds. The number of ether oxygens (including phenoxy) is 1. The van der Waals surface area contributed by atoms with Crippen LogP contribution in [0.2, 0.25) is 0 Å². The van der Waals surface area contributed by atoms with Crippen LogP contribution in [0.5, 0.6) is 5.75 Å². The Morgan fingerprint density at radius 2 is 2.25 bits per heavy atom. The summed E-state index contributed by atoms with van der Waals surface area (Å²) in [6.45, 7) is 0. The maximum Gasteiger partial charge on any atom is 0.241 e. The van der Waals surface area contributed by atoms with Gasteiger partial charge in [-0.2, -0.15) is 0 Å². The fourth-order valence-electron chi connectivity index (χ4n) is 1.52. The van der Waals surface area contributed by atoms with Crippen LogP contribution in [0.15, 0.2) is 30.3 Å². The lowest BCUT2D eigenvalue weighted by atomic mass is 10.2. The molecule has 0 fully saturated rings. The van der Waals surface area contributed by atoms with Gasteiger partial charge in [0.2, 0.25) is 5.91 Å². The first-order chi connectivity index (χ1) is 7.69. The zero-order chi connectivity index (χ0) is 11.5. The van der Waals surface area contributed by atoms with Gasteiger partial charge in [-0.3, -0.25) is 4.79 Å². The van der Waals surface area contributed by atoms with Gasteiger partial charge in [-0.25, -0.2) is 0 Å². The molecule has 0 unspecified atom stereocenters. The number of hydrogen-bond acceptors (Lipinski definition) is 2. The van der Waals surface area contributed by atoms with Crippen LogP contribution in [0.1, 0.15) is 5.69 Å². The lowest BCUT2D eigenvalue weighted by Gasteiger charge is -1.97. The third-order valence-electron chi connectivity index (χ3n) is 2.28. The zero-order valence-corrected chi connectivity index (χ0v) is 8.86. The van der Waals surface area contributed by atoms with Gasteiger partial charge in [0, 0.05) is 22.7 Å². The zero-order valence-electron chi connectivity index (χ0n) is 8.86. The van der Waals surface area contributed by atoms with Gasteiger partial charge in [0.25, 0.3) is 0 Å². The predicted octanol–water partition coefficient (Wildman–Crippen LogP) is 1.68. The van der Waals surface area contributed by atoms with Crippen molar-refractivity contribution in [3.8, 4) is 5.75 Å². The third-order valence-corrected chi connectivity index (χ3v) is 2.28. The first kappa shape index (κ1) is 10.3. The Balaban J connectivity index is 2.40. The highest BCUT2D eigenvalue weighted by Crippen LogP contribution is 2.21. The van der Waals surface area contributed by atoms with Gasteiger partial charge in [0.15, 0.2) is 0 Å². The second-order valence-electron chi connectivity index (χ2n) is 3.41. The van der Waals surface area contributed by atoms with E-state index in [9.17, 15) is 4.79 Å². The first-order valence-corrected chi connectivity index (χ1v) is 4.83. The molecule has 4 nitrogen and oxygen atoms in total. The summed E-state index contributed by atoms with van der Waals surface area (Å²) in [7, 11) is 1.63. The molecule has 16 heavy (non-hydrogen) atoms. The van der Waals surface area contributed by atoms with E-state index in [4.69, 9.17) is 10.5 Å². The molecule has 0 radical (unpaired) electrons. The molecular formula is C12H12N2O2. The lowest BCUT2D eigenvalue weighted by molar-refractivity contribution is -0.113. The number of H-pyrrole nitrogens is 1. The number of nitrogens with two attached hydrogens (primary N) is 1. The van der Waals surface area contributed by atoms with Crippen LogP contribution in [-0.4, -0.2) is 18.0 Å². The van der Waals surface area contributed by atoms with Gasteiger partial charge in [-0.15, -0.1) is 0 Å². The molecule has 0 aliphatic heterocycles. The number of methoxy groups -OCH3 is 1. The van der Waals surface area contributed by atoms with E-state index in [1.54, 1.807) is 13.2 Å². The molecule has 0 saturated carbocycles. The quantitative estimate of drug-likeness (QED) is 0.766. The lowest BCUT2D eigenvalue weighted by Crippen LogP contribution is -2.05. The Labute approximate surface area is 92.7 Å². The van der Waals surface area contributed by atoms with Crippen LogP contribution in [0.25, 0.3) is 17.0 Å². The minimum atomic E-state index is -0.462. The van der Waals surface area contributed by atoms with Crippen molar-refractivity contribution in [3.05, 3.63) is 36.0 Å². The van der Waals surface area contributed by atoms with Crippen LogP contribution in [-0.2, 0) is 4.79 Å². The number of aromatic nitrogens is 1. The smallest absolute Gasteiger partial charge is 0.241 e. The SMILES string of the molecule is COc1ccc2[nH]c(/C=C/C(N)=O)cc2c1. The van der Waals surface area contributed by atoms with Gasteiger partial charge >= 0.3 is 0 Å². The van der Waals surface area contributed by atoms with Crippen LogP contribution < -0.4 is 10.5 Å². The Morgan fingerprint density at radius 1 is 1.44 bits per heavy atom. The normalized spacial score (nSPS) is 11.1. The molecule has 1 heterocycles. The highest BCUT2D eigenvalue weighted by Gasteiger charge is 2.00. The molecule has 1 aromatic heterocycles. The average molecular weight is 216 g/mol. The molecule has 0 spiro atoms. The molecule has 3 N–H and O–H groups in total. The molecule has 1 aromatic carbocycles. The van der Waals surface area contributed by atoms with Gasteiger partial charge < -0.3 is 15.5 Å². The van der Waals surface area contributed by atoms with Crippen molar-refractivity contribution in [3.63, 3.8) is 0 Å². The van der Waals surface area contributed by atoms with Crippen LogP contribution >= 0.6 is 0 Å². The number of carbonyl (C=O) groups excluding carboxylic acids is 1. The Bertz CT molecular complexity index is 555. The first-order valence-electron chi connectivity index (χ1n) is 4.83. The van der Waals surface area contributed by atoms with Gasteiger partial charge in [0.1, 0.15) is 5.75 Å². The molecule has 2 aromatic rings. The summed E-state index contributed by atoms with van der Waals surface area (Å²) in [5.41, 5.74) is 6.85. The van der Waals surface area contributed by atoms with Crippen molar-refractivity contribution < 1.29 is 9.53 Å². The number of carbonyl (C=O) groups is 1. The van der Waals surface area contributed by atoms with Crippen molar-refractivity contribution in [2.45, 2.75) is 0 Å². The number of amides is 1. The van der Waals surface area contributed by atoms with E-state index in [1.807, 2.05) is 24.3 Å². The van der Waals surface area contributed by atoms with E-state index >= 15 is 0 Å². The number of rotatable bonds is 3. The maximum absolute atomic E-state index is 10.6. The molecule has 0 saturated heterocycles. The van der Waals surface area contributed by atoms with Crippen molar-refractivity contribution in [1.82, 2.24) is 4.98 Å². The van der Waals surface area contributed by atoms with Gasteiger partial charge in [-0.05, 0) is 30.3 Å². The molecule has 0 bridgehead atoms. The van der Waals surface area contributed by atoms with E-state index in [-0.39, 0.29) is 0 Å². The second-order valence-corrected chi connectivity index (χ2v) is 3.41. The second kappa shape index (κ2) is 4.10. The van der Waals surface area contributed by atoms with E-state index in [0.29, 0.717) is 0 Å². The number of fused-ring (bicyclic) bond motifs is 1.